The van der Waals surface area contributed by atoms with Crippen molar-refractivity contribution in [1.82, 2.24) is 15.2 Å². The third-order valence-corrected chi connectivity index (χ3v) is 2.83. The zero-order valence-electron chi connectivity index (χ0n) is 8.90. The molecule has 3 aromatic rings. The van der Waals surface area contributed by atoms with Gasteiger partial charge in [0.25, 0.3) is 0 Å². The summed E-state index contributed by atoms with van der Waals surface area (Å²) in [4.78, 5) is 4.21. The number of fused-ring (bicyclic) bond motifs is 1. The van der Waals surface area contributed by atoms with Gasteiger partial charge in [0.1, 0.15) is 10.5 Å². The number of rotatable bonds is 2. The Kier molecular flexibility index (Phi) is 2.38. The second-order valence-corrected chi connectivity index (χ2v) is 4.09. The molecule has 0 radical (unpaired) electrons. The maximum Gasteiger partial charge on any atom is 0.130 e. The van der Waals surface area contributed by atoms with Crippen molar-refractivity contribution >= 4 is 34.6 Å². The Balaban J connectivity index is 2.01. The van der Waals surface area contributed by atoms with Gasteiger partial charge in [-0.15, -0.1) is 0 Å². The second-order valence-electron chi connectivity index (χ2n) is 3.68. The normalized spacial score (nSPS) is 10.6. The first kappa shape index (κ1) is 10.0. The van der Waals surface area contributed by atoms with E-state index in [2.05, 4.69) is 20.5 Å². The van der Waals surface area contributed by atoms with Crippen LogP contribution in [0.25, 0.3) is 10.9 Å². The van der Waals surface area contributed by atoms with Crippen molar-refractivity contribution < 1.29 is 0 Å². The van der Waals surface area contributed by atoms with Crippen LogP contribution in [0.5, 0.6) is 0 Å². The molecule has 0 saturated carbocycles. The van der Waals surface area contributed by atoms with E-state index in [0.717, 1.165) is 22.4 Å². The molecule has 0 bridgehead atoms. The van der Waals surface area contributed by atoms with Crippen LogP contribution >= 0.6 is 12.2 Å². The van der Waals surface area contributed by atoms with E-state index in [9.17, 15) is 0 Å². The first-order valence-corrected chi connectivity index (χ1v) is 5.62. The van der Waals surface area contributed by atoms with Crippen molar-refractivity contribution in [2.75, 3.05) is 5.32 Å². The first-order chi connectivity index (χ1) is 8.33. The molecular weight excluding hydrogens is 232 g/mol. The van der Waals surface area contributed by atoms with E-state index in [0.29, 0.717) is 4.64 Å². The van der Waals surface area contributed by atoms with Crippen LogP contribution in [0, 0.1) is 4.64 Å². The van der Waals surface area contributed by atoms with Crippen LogP contribution in [0.3, 0.4) is 0 Å². The van der Waals surface area contributed by atoms with E-state index >= 15 is 0 Å². The molecule has 3 N–H and O–H groups in total. The Morgan fingerprint density at radius 3 is 2.88 bits per heavy atom. The highest BCUT2D eigenvalue weighted by Gasteiger charge is 2.00. The van der Waals surface area contributed by atoms with E-state index in [-0.39, 0.29) is 0 Å². The van der Waals surface area contributed by atoms with Crippen molar-refractivity contribution in [2.24, 2.45) is 0 Å². The minimum Gasteiger partial charge on any atom is -0.340 e. The third kappa shape index (κ3) is 1.92. The third-order valence-electron chi connectivity index (χ3n) is 2.51. The standard InChI is InChI=1S/C12H10N4S/c17-12-9-7-8(4-5-10(9)15-16-12)14-11-3-1-2-6-13-11/h1-7H,(H,13,14)(H2,15,16,17). The molecule has 84 valence electrons. The lowest BCUT2D eigenvalue weighted by Crippen LogP contribution is -1.91. The Morgan fingerprint density at radius 2 is 2.06 bits per heavy atom. The number of anilines is 2. The van der Waals surface area contributed by atoms with Crippen molar-refractivity contribution in [3.63, 3.8) is 0 Å². The average molecular weight is 242 g/mol. The highest BCUT2D eigenvalue weighted by molar-refractivity contribution is 7.71. The van der Waals surface area contributed by atoms with Gasteiger partial charge in [-0.25, -0.2) is 4.98 Å². The summed E-state index contributed by atoms with van der Waals surface area (Å²) in [6, 6.07) is 11.7. The van der Waals surface area contributed by atoms with Crippen LogP contribution < -0.4 is 5.32 Å². The number of H-pyrrole nitrogens is 2. The molecular formula is C12H10N4S. The molecule has 1 aromatic carbocycles. The molecule has 0 amide bonds. The highest BCUT2D eigenvalue weighted by atomic mass is 32.1. The predicted octanol–water partition coefficient (Wildman–Crippen LogP) is 3.36. The van der Waals surface area contributed by atoms with Crippen LogP contribution in [-0.2, 0) is 0 Å². The molecule has 17 heavy (non-hydrogen) atoms. The van der Waals surface area contributed by atoms with Crippen LogP contribution in [0.1, 0.15) is 0 Å². The number of nitrogens with zero attached hydrogens (tertiary/aromatic N) is 1. The number of hydrogen-bond donors (Lipinski definition) is 3. The van der Waals surface area contributed by atoms with Gasteiger partial charge >= 0.3 is 0 Å². The van der Waals surface area contributed by atoms with Crippen LogP contribution in [0.2, 0.25) is 0 Å². The monoisotopic (exact) mass is 242 g/mol. The molecule has 3 rings (SSSR count). The summed E-state index contributed by atoms with van der Waals surface area (Å²) in [7, 11) is 0. The number of aromatic amines is 2. The molecule has 2 heterocycles. The predicted molar refractivity (Wildman–Crippen MR) is 71.0 cm³/mol. The van der Waals surface area contributed by atoms with E-state index in [1.54, 1.807) is 6.20 Å². The molecule has 0 atom stereocenters. The van der Waals surface area contributed by atoms with Gasteiger partial charge in [-0.1, -0.05) is 18.3 Å². The molecule has 5 heteroatoms. The first-order valence-electron chi connectivity index (χ1n) is 5.21. The number of aromatic nitrogens is 3. The SMILES string of the molecule is S=c1[nH][nH]c2ccc(Nc3ccccn3)cc12. The quantitative estimate of drug-likeness (QED) is 0.604. The summed E-state index contributed by atoms with van der Waals surface area (Å²) in [5.41, 5.74) is 1.97. The van der Waals surface area contributed by atoms with E-state index in [1.807, 2.05) is 36.4 Å². The molecule has 0 unspecified atom stereocenters. The highest BCUT2D eigenvalue weighted by Crippen LogP contribution is 2.20. The smallest absolute Gasteiger partial charge is 0.130 e. The zero-order valence-corrected chi connectivity index (χ0v) is 9.71. The minimum absolute atomic E-state index is 0.713. The Morgan fingerprint density at radius 1 is 1.12 bits per heavy atom. The fourth-order valence-corrected chi connectivity index (χ4v) is 1.91. The summed E-state index contributed by atoms with van der Waals surface area (Å²) >= 11 is 5.18. The largest absolute Gasteiger partial charge is 0.340 e. The minimum atomic E-state index is 0.713. The zero-order chi connectivity index (χ0) is 11.7. The number of benzene rings is 1. The van der Waals surface area contributed by atoms with Gasteiger partial charge in [-0.3, -0.25) is 10.2 Å². The lowest BCUT2D eigenvalue weighted by molar-refractivity contribution is 1.11. The Hall–Kier alpha value is -2.14. The molecule has 0 spiro atoms. The molecule has 0 aliphatic carbocycles. The average Bonchev–Trinajstić information content (AvgIpc) is 2.73. The maximum atomic E-state index is 5.18. The van der Waals surface area contributed by atoms with Gasteiger partial charge in [0.05, 0.1) is 5.52 Å². The van der Waals surface area contributed by atoms with Crippen molar-refractivity contribution in [3.05, 3.63) is 47.2 Å². The number of hydrogen-bond acceptors (Lipinski definition) is 3. The summed E-state index contributed by atoms with van der Waals surface area (Å²) < 4.78 is 0.713. The van der Waals surface area contributed by atoms with Crippen LogP contribution in [0.4, 0.5) is 11.5 Å². The van der Waals surface area contributed by atoms with E-state index in [4.69, 9.17) is 12.2 Å². The summed E-state index contributed by atoms with van der Waals surface area (Å²) in [6.45, 7) is 0. The Bertz CT molecular complexity index is 699. The van der Waals surface area contributed by atoms with Gasteiger partial charge in [0.2, 0.25) is 0 Å². The fraction of sp³-hybridized carbons (Fsp3) is 0. The maximum absolute atomic E-state index is 5.18. The number of pyridine rings is 1. The summed E-state index contributed by atoms with van der Waals surface area (Å²) in [6.07, 6.45) is 1.75. The lowest BCUT2D eigenvalue weighted by atomic mass is 10.2. The van der Waals surface area contributed by atoms with Crippen molar-refractivity contribution in [1.29, 1.82) is 0 Å². The number of nitrogens with one attached hydrogen (secondary N) is 3. The summed E-state index contributed by atoms with van der Waals surface area (Å²) in [5.74, 6) is 0.817. The van der Waals surface area contributed by atoms with Crippen molar-refractivity contribution in [2.45, 2.75) is 0 Å². The van der Waals surface area contributed by atoms with Gasteiger partial charge < -0.3 is 5.32 Å². The second kappa shape index (κ2) is 4.03. The molecule has 0 aliphatic heterocycles. The molecule has 0 fully saturated rings. The van der Waals surface area contributed by atoms with Gasteiger partial charge in [-0.2, -0.15) is 0 Å². The Labute approximate surface area is 103 Å². The summed E-state index contributed by atoms with van der Waals surface area (Å²) in [5, 5.41) is 10.1. The van der Waals surface area contributed by atoms with Crippen LogP contribution in [-0.4, -0.2) is 15.2 Å². The van der Waals surface area contributed by atoms with Crippen molar-refractivity contribution in [3.8, 4) is 0 Å². The molecule has 4 nitrogen and oxygen atoms in total. The molecule has 0 saturated heterocycles. The lowest BCUT2D eigenvalue weighted by Gasteiger charge is -2.04. The topological polar surface area (TPSA) is 56.5 Å². The van der Waals surface area contributed by atoms with Gasteiger partial charge in [-0.05, 0) is 30.3 Å². The van der Waals surface area contributed by atoms with E-state index in [1.165, 1.54) is 0 Å². The van der Waals surface area contributed by atoms with Gasteiger partial charge in [0.15, 0.2) is 0 Å². The molecule has 0 aliphatic rings. The van der Waals surface area contributed by atoms with Gasteiger partial charge in [0, 0.05) is 17.3 Å². The van der Waals surface area contributed by atoms with E-state index < -0.39 is 0 Å². The fourth-order valence-electron chi connectivity index (χ4n) is 1.69. The molecule has 2 aromatic heterocycles. The van der Waals surface area contributed by atoms with Crippen LogP contribution in [0.15, 0.2) is 42.6 Å².